The lowest BCUT2D eigenvalue weighted by Crippen LogP contribution is -2.36. The number of piperidine rings is 1. The molecule has 2 heterocycles. The molecule has 1 aliphatic rings. The van der Waals surface area contributed by atoms with E-state index in [1.807, 2.05) is 6.92 Å². The Morgan fingerprint density at radius 2 is 1.96 bits per heavy atom. The SMILES string of the molecule is Cc1nc(N2CCCC(C)C2)cc(N(Cc2ccccc2)C(C)C)n1. The molecular weight excluding hydrogens is 308 g/mol. The van der Waals surface area contributed by atoms with Crippen LogP contribution in [-0.4, -0.2) is 29.1 Å². The van der Waals surface area contributed by atoms with Crippen molar-refractivity contribution in [2.24, 2.45) is 5.92 Å². The van der Waals surface area contributed by atoms with Crippen molar-refractivity contribution in [1.82, 2.24) is 9.97 Å². The predicted molar refractivity (Wildman–Crippen MR) is 105 cm³/mol. The molecule has 1 aliphatic heterocycles. The molecule has 3 rings (SSSR count). The number of hydrogen-bond acceptors (Lipinski definition) is 4. The van der Waals surface area contributed by atoms with E-state index in [9.17, 15) is 0 Å². The molecule has 0 N–H and O–H groups in total. The zero-order valence-electron chi connectivity index (χ0n) is 15.9. The Morgan fingerprint density at radius 1 is 1.20 bits per heavy atom. The van der Waals surface area contributed by atoms with Gasteiger partial charge >= 0.3 is 0 Å². The molecule has 0 amide bonds. The number of rotatable bonds is 5. The fraction of sp³-hybridized carbons (Fsp3) is 0.524. The minimum atomic E-state index is 0.377. The third-order valence-electron chi connectivity index (χ3n) is 4.91. The summed E-state index contributed by atoms with van der Waals surface area (Å²) in [5.74, 6) is 3.69. The maximum Gasteiger partial charge on any atom is 0.134 e. The van der Waals surface area contributed by atoms with Crippen LogP contribution in [0, 0.1) is 12.8 Å². The highest BCUT2D eigenvalue weighted by atomic mass is 15.2. The molecule has 1 fully saturated rings. The summed E-state index contributed by atoms with van der Waals surface area (Å²) in [7, 11) is 0. The van der Waals surface area contributed by atoms with E-state index in [-0.39, 0.29) is 0 Å². The summed E-state index contributed by atoms with van der Waals surface area (Å²) < 4.78 is 0. The molecule has 4 heteroatoms. The Labute approximate surface area is 151 Å². The van der Waals surface area contributed by atoms with Gasteiger partial charge in [0.25, 0.3) is 0 Å². The van der Waals surface area contributed by atoms with Crippen LogP contribution in [0.4, 0.5) is 11.6 Å². The molecule has 0 radical (unpaired) electrons. The monoisotopic (exact) mass is 338 g/mol. The van der Waals surface area contributed by atoms with Gasteiger partial charge in [-0.25, -0.2) is 9.97 Å². The van der Waals surface area contributed by atoms with Crippen LogP contribution >= 0.6 is 0 Å². The van der Waals surface area contributed by atoms with Gasteiger partial charge in [-0.15, -0.1) is 0 Å². The number of aryl methyl sites for hydroxylation is 1. The lowest BCUT2D eigenvalue weighted by Gasteiger charge is -2.33. The van der Waals surface area contributed by atoms with Gasteiger partial charge in [-0.3, -0.25) is 0 Å². The topological polar surface area (TPSA) is 32.3 Å². The molecule has 1 unspecified atom stereocenters. The normalized spacial score (nSPS) is 17.8. The molecule has 0 bridgehead atoms. The van der Waals surface area contributed by atoms with Crippen molar-refractivity contribution >= 4 is 11.6 Å². The molecule has 0 saturated carbocycles. The maximum atomic E-state index is 4.75. The number of aromatic nitrogens is 2. The predicted octanol–water partition coefficient (Wildman–Crippen LogP) is 4.44. The summed E-state index contributed by atoms with van der Waals surface area (Å²) in [4.78, 5) is 14.3. The highest BCUT2D eigenvalue weighted by molar-refractivity contribution is 5.52. The highest BCUT2D eigenvalue weighted by Crippen LogP contribution is 2.26. The summed E-state index contributed by atoms with van der Waals surface area (Å²) in [6.45, 7) is 11.8. The molecule has 1 saturated heterocycles. The third kappa shape index (κ3) is 4.50. The van der Waals surface area contributed by atoms with Crippen LogP contribution < -0.4 is 9.80 Å². The second-order valence-electron chi connectivity index (χ2n) is 7.53. The van der Waals surface area contributed by atoms with Gasteiger partial charge in [-0.1, -0.05) is 37.3 Å². The van der Waals surface area contributed by atoms with Crippen LogP contribution in [-0.2, 0) is 6.54 Å². The van der Waals surface area contributed by atoms with Crippen molar-refractivity contribution in [3.63, 3.8) is 0 Å². The summed E-state index contributed by atoms with van der Waals surface area (Å²) in [6, 6.07) is 13.2. The second kappa shape index (κ2) is 7.85. The number of anilines is 2. The van der Waals surface area contributed by atoms with Crippen molar-refractivity contribution in [1.29, 1.82) is 0 Å². The van der Waals surface area contributed by atoms with Crippen LogP contribution in [0.15, 0.2) is 36.4 Å². The Hall–Kier alpha value is -2.10. The molecule has 0 spiro atoms. The van der Waals surface area contributed by atoms with E-state index in [1.165, 1.54) is 18.4 Å². The van der Waals surface area contributed by atoms with E-state index < -0.39 is 0 Å². The molecule has 0 aliphatic carbocycles. The maximum absolute atomic E-state index is 4.75. The van der Waals surface area contributed by atoms with Crippen LogP contribution in [0.2, 0.25) is 0 Å². The van der Waals surface area contributed by atoms with E-state index in [4.69, 9.17) is 9.97 Å². The summed E-state index contributed by atoms with van der Waals surface area (Å²) in [5, 5.41) is 0. The Bertz CT molecular complexity index is 684. The first-order valence-corrected chi connectivity index (χ1v) is 9.44. The van der Waals surface area contributed by atoms with Crippen molar-refractivity contribution in [2.75, 3.05) is 22.9 Å². The highest BCUT2D eigenvalue weighted by Gasteiger charge is 2.20. The number of hydrogen-bond donors (Lipinski definition) is 0. The van der Waals surface area contributed by atoms with Gasteiger partial charge in [-0.05, 0) is 45.1 Å². The minimum Gasteiger partial charge on any atom is -0.356 e. The molecule has 25 heavy (non-hydrogen) atoms. The molecule has 2 aromatic rings. The van der Waals surface area contributed by atoms with Gasteiger partial charge in [-0.2, -0.15) is 0 Å². The third-order valence-corrected chi connectivity index (χ3v) is 4.91. The first kappa shape index (κ1) is 17.7. The van der Waals surface area contributed by atoms with Crippen molar-refractivity contribution < 1.29 is 0 Å². The average molecular weight is 338 g/mol. The fourth-order valence-electron chi connectivity index (χ4n) is 3.55. The largest absolute Gasteiger partial charge is 0.356 e. The van der Waals surface area contributed by atoms with Crippen molar-refractivity contribution in [3.8, 4) is 0 Å². The van der Waals surface area contributed by atoms with E-state index in [0.717, 1.165) is 43.0 Å². The van der Waals surface area contributed by atoms with Crippen molar-refractivity contribution in [2.45, 2.75) is 53.1 Å². The quantitative estimate of drug-likeness (QED) is 0.807. The van der Waals surface area contributed by atoms with Crippen LogP contribution in [0.3, 0.4) is 0 Å². The van der Waals surface area contributed by atoms with Gasteiger partial charge in [0.2, 0.25) is 0 Å². The fourth-order valence-corrected chi connectivity index (χ4v) is 3.55. The number of benzene rings is 1. The van der Waals surface area contributed by atoms with E-state index in [0.29, 0.717) is 6.04 Å². The number of nitrogens with zero attached hydrogens (tertiary/aromatic N) is 4. The summed E-state index contributed by atoms with van der Waals surface area (Å²) in [6.07, 6.45) is 2.57. The van der Waals surface area contributed by atoms with Crippen LogP contribution in [0.5, 0.6) is 0 Å². The lowest BCUT2D eigenvalue weighted by molar-refractivity contribution is 0.444. The van der Waals surface area contributed by atoms with Gasteiger partial charge in [0.05, 0.1) is 0 Å². The minimum absolute atomic E-state index is 0.377. The van der Waals surface area contributed by atoms with Crippen LogP contribution in [0.1, 0.15) is 45.0 Å². The lowest BCUT2D eigenvalue weighted by atomic mass is 10.0. The average Bonchev–Trinajstić information content (AvgIpc) is 2.60. The van der Waals surface area contributed by atoms with E-state index in [1.54, 1.807) is 0 Å². The van der Waals surface area contributed by atoms with Crippen molar-refractivity contribution in [3.05, 3.63) is 47.8 Å². The van der Waals surface area contributed by atoms with Gasteiger partial charge in [0, 0.05) is 31.7 Å². The van der Waals surface area contributed by atoms with E-state index in [2.05, 4.69) is 67.0 Å². The first-order valence-electron chi connectivity index (χ1n) is 9.44. The molecule has 4 nitrogen and oxygen atoms in total. The summed E-state index contributed by atoms with van der Waals surface area (Å²) >= 11 is 0. The molecule has 1 aromatic carbocycles. The smallest absolute Gasteiger partial charge is 0.134 e. The first-order chi connectivity index (χ1) is 12.0. The second-order valence-corrected chi connectivity index (χ2v) is 7.53. The zero-order chi connectivity index (χ0) is 17.8. The Morgan fingerprint density at radius 3 is 2.64 bits per heavy atom. The molecule has 1 aromatic heterocycles. The van der Waals surface area contributed by atoms with E-state index >= 15 is 0 Å². The standard InChI is InChI=1S/C21H30N4/c1-16(2)25(15-19-10-6-5-7-11-19)21-13-20(22-18(4)23-21)24-12-8-9-17(3)14-24/h5-7,10-11,13,16-17H,8-9,12,14-15H2,1-4H3. The van der Waals surface area contributed by atoms with Gasteiger partial charge in [0.15, 0.2) is 0 Å². The van der Waals surface area contributed by atoms with Gasteiger partial charge in [0.1, 0.15) is 17.5 Å². The Kier molecular flexibility index (Phi) is 5.57. The van der Waals surface area contributed by atoms with Crippen LogP contribution in [0.25, 0.3) is 0 Å². The molecule has 1 atom stereocenters. The summed E-state index contributed by atoms with van der Waals surface area (Å²) in [5.41, 5.74) is 1.31. The molecule has 134 valence electrons. The van der Waals surface area contributed by atoms with Gasteiger partial charge < -0.3 is 9.80 Å². The zero-order valence-corrected chi connectivity index (χ0v) is 15.9. The molecular formula is C21H30N4. The Balaban J connectivity index is 1.88.